The molecule has 6 aromatic rings. The third-order valence-electron chi connectivity index (χ3n) is 14.1. The number of carbonyl (C=O) groups excluding carboxylic acids is 2. The number of carboxylic acid groups (broad SMARTS) is 1. The molecule has 81 heavy (non-hydrogen) atoms. The molecule has 0 spiro atoms. The Labute approximate surface area is 473 Å². The fraction of sp³-hybridized carbons (Fsp3) is 0.377. The van der Waals surface area contributed by atoms with Crippen molar-refractivity contribution in [3.8, 4) is 85.1 Å². The van der Waals surface area contributed by atoms with Crippen molar-refractivity contribution >= 4 is 18.2 Å². The van der Waals surface area contributed by atoms with Crippen molar-refractivity contribution in [2.24, 2.45) is 5.92 Å². The molecular weight excluding hydrogens is 1040 g/mol. The molecule has 0 radical (unpaired) electrons. The summed E-state index contributed by atoms with van der Waals surface area (Å²) < 4.78 is 51.7. The molecule has 430 valence electrons. The molecule has 2 N–H and O–H groups in total. The molecule has 1 amide bonds. The Hall–Kier alpha value is -8.46. The van der Waals surface area contributed by atoms with E-state index in [0.29, 0.717) is 163 Å². The number of ether oxygens (including phenoxy) is 9. The average molecular weight is 1110 g/mol. The molecule has 0 saturated carbocycles. The van der Waals surface area contributed by atoms with Gasteiger partial charge in [0, 0.05) is 114 Å². The molecule has 7 rings (SSSR count). The first-order valence-electron chi connectivity index (χ1n) is 26.4. The minimum Gasteiger partial charge on any atom is -0.496 e. The van der Waals surface area contributed by atoms with Crippen molar-refractivity contribution in [1.29, 1.82) is 0 Å². The molecular formula is C61H73N7O13. The number of pyridine rings is 3. The number of aromatic nitrogens is 3. The van der Waals surface area contributed by atoms with Crippen molar-refractivity contribution in [1.82, 2.24) is 35.0 Å². The van der Waals surface area contributed by atoms with Gasteiger partial charge in [0.1, 0.15) is 63.1 Å². The van der Waals surface area contributed by atoms with E-state index < -0.39 is 5.97 Å². The summed E-state index contributed by atoms with van der Waals surface area (Å²) in [6.07, 6.45) is 3.89. The van der Waals surface area contributed by atoms with E-state index in [4.69, 9.17) is 57.6 Å². The van der Waals surface area contributed by atoms with Crippen LogP contribution in [0.2, 0.25) is 0 Å². The van der Waals surface area contributed by atoms with Crippen LogP contribution < -0.4 is 47.9 Å². The van der Waals surface area contributed by atoms with Gasteiger partial charge >= 0.3 is 5.97 Å². The summed E-state index contributed by atoms with van der Waals surface area (Å²) in [5.74, 6) is 3.23. The van der Waals surface area contributed by atoms with Gasteiger partial charge in [0.2, 0.25) is 5.91 Å². The van der Waals surface area contributed by atoms with Crippen LogP contribution in [0.25, 0.3) is 33.4 Å². The zero-order valence-corrected chi connectivity index (χ0v) is 47.9. The lowest BCUT2D eigenvalue weighted by Gasteiger charge is -2.36. The molecule has 1 unspecified atom stereocenters. The van der Waals surface area contributed by atoms with Gasteiger partial charge in [-0.15, -0.1) is 0 Å². The number of carboxylic acids is 1. The number of carbonyl (C=O) groups is 3. The maximum Gasteiger partial charge on any atom is 0.354 e. The second kappa shape index (κ2) is 28.6. The van der Waals surface area contributed by atoms with E-state index in [0.717, 1.165) is 23.1 Å². The summed E-state index contributed by atoms with van der Waals surface area (Å²) in [6, 6.07) is 21.6. The first-order chi connectivity index (χ1) is 39.2. The lowest BCUT2D eigenvalue weighted by atomic mass is 9.99. The molecule has 0 bridgehead atoms. The molecule has 20 heteroatoms. The maximum absolute atomic E-state index is 12.9. The van der Waals surface area contributed by atoms with Gasteiger partial charge in [0.25, 0.3) is 0 Å². The molecule has 20 nitrogen and oxygen atoms in total. The normalized spacial score (nSPS) is 14.3. The van der Waals surface area contributed by atoms with E-state index in [9.17, 15) is 19.5 Å². The van der Waals surface area contributed by atoms with Crippen LogP contribution in [0.1, 0.15) is 57.8 Å². The Morgan fingerprint density at radius 3 is 1.43 bits per heavy atom. The average Bonchev–Trinajstić information content (AvgIpc) is 3.49. The Morgan fingerprint density at radius 1 is 0.580 bits per heavy atom. The number of amides is 1. The van der Waals surface area contributed by atoms with Crippen LogP contribution in [0.3, 0.4) is 0 Å². The van der Waals surface area contributed by atoms with Crippen LogP contribution in [0.5, 0.6) is 51.7 Å². The third kappa shape index (κ3) is 15.3. The fourth-order valence-electron chi connectivity index (χ4n) is 10.1. The number of hydrogen-bond acceptors (Lipinski definition) is 18. The standard InChI is InChI=1S/C61H73N7O13/c1-38(2)60(70)63-15-12-13-39-32-67(35-44-22-41(24-46(37-69)64-44)58-53(78-8)28-48(74-4)29-54(58)79-9)19-17-66(34-43-21-40(14-16-62-43)57-51(76-6)26-47(73-3)27-52(57)77-7)18-20-68(33-39)36-45-23-42(25-50(65-45)61(71)72)59-55(80-10)30-49(75-5)31-56(59)81-11/h14,16,21-31,37,39H,1,12-13,15,17-20,32-36H2,2-11H3,(H,63,70)(H,71,72). The van der Waals surface area contributed by atoms with Crippen LogP contribution in [0.15, 0.2) is 91.1 Å². The fourth-order valence-corrected chi connectivity index (χ4v) is 10.1. The van der Waals surface area contributed by atoms with Crippen molar-refractivity contribution in [3.63, 3.8) is 0 Å². The Morgan fingerprint density at radius 2 is 1.00 bits per heavy atom. The van der Waals surface area contributed by atoms with Gasteiger partial charge < -0.3 is 53.1 Å². The van der Waals surface area contributed by atoms with Crippen molar-refractivity contribution in [2.45, 2.75) is 39.4 Å². The minimum absolute atomic E-state index is 0.00508. The predicted octanol–water partition coefficient (Wildman–Crippen LogP) is 8.37. The van der Waals surface area contributed by atoms with Crippen LogP contribution in [0, 0.1) is 5.92 Å². The third-order valence-corrected chi connectivity index (χ3v) is 14.1. The molecule has 1 aliphatic heterocycles. The Kier molecular flexibility index (Phi) is 21.3. The zero-order valence-electron chi connectivity index (χ0n) is 47.9. The topological polar surface area (TPSA) is 215 Å². The van der Waals surface area contributed by atoms with E-state index in [1.54, 1.807) is 93.2 Å². The molecule has 4 heterocycles. The largest absolute Gasteiger partial charge is 0.496 e. The van der Waals surface area contributed by atoms with E-state index in [1.807, 2.05) is 36.4 Å². The Balaban J connectivity index is 1.31. The quantitative estimate of drug-likeness (QED) is 0.0313. The summed E-state index contributed by atoms with van der Waals surface area (Å²) in [6.45, 7) is 10.5. The predicted molar refractivity (Wildman–Crippen MR) is 307 cm³/mol. The highest BCUT2D eigenvalue weighted by atomic mass is 16.5. The van der Waals surface area contributed by atoms with Gasteiger partial charge in [-0.2, -0.15) is 0 Å². The number of nitrogens with one attached hydrogen (secondary N) is 1. The first kappa shape index (κ1) is 60.2. The van der Waals surface area contributed by atoms with Crippen LogP contribution in [-0.4, -0.2) is 163 Å². The maximum atomic E-state index is 12.9. The number of benzene rings is 3. The molecule has 1 fully saturated rings. The van der Waals surface area contributed by atoms with E-state index in [2.05, 4.69) is 26.6 Å². The van der Waals surface area contributed by atoms with Gasteiger partial charge in [0.05, 0.1) is 97.8 Å². The minimum atomic E-state index is -1.19. The molecule has 1 atom stereocenters. The zero-order chi connectivity index (χ0) is 58.2. The highest BCUT2D eigenvalue weighted by molar-refractivity contribution is 5.92. The van der Waals surface area contributed by atoms with Gasteiger partial charge in [-0.1, -0.05) is 6.58 Å². The van der Waals surface area contributed by atoms with Gasteiger partial charge in [-0.05, 0) is 78.8 Å². The molecule has 3 aromatic carbocycles. The van der Waals surface area contributed by atoms with Gasteiger partial charge in [-0.25, -0.2) is 14.8 Å². The highest BCUT2D eigenvalue weighted by Gasteiger charge is 2.27. The molecule has 3 aromatic heterocycles. The van der Waals surface area contributed by atoms with E-state index >= 15 is 0 Å². The SMILES string of the molecule is C=C(C)C(=O)NCCCC1CN(Cc2cc(-c3c(OC)cc(OC)cc3OC)cc(C=O)n2)CCN(Cc2cc(-c3c(OC)cc(OC)cc3OC)ccn2)CCN(Cc2cc(-c3c(OC)cc(OC)cc3OC)cc(C(=O)O)n2)C1. The summed E-state index contributed by atoms with van der Waals surface area (Å²) in [4.78, 5) is 59.7. The number of nitrogens with zero attached hydrogens (tertiary/aromatic N) is 6. The van der Waals surface area contributed by atoms with Crippen LogP contribution in [0.4, 0.5) is 0 Å². The van der Waals surface area contributed by atoms with E-state index in [-0.39, 0.29) is 29.8 Å². The summed E-state index contributed by atoms with van der Waals surface area (Å²) in [5.41, 5.74) is 6.46. The number of hydrogen-bond donors (Lipinski definition) is 2. The lowest BCUT2D eigenvalue weighted by molar-refractivity contribution is -0.117. The second-order valence-electron chi connectivity index (χ2n) is 19.5. The smallest absolute Gasteiger partial charge is 0.354 e. The first-order valence-corrected chi connectivity index (χ1v) is 26.4. The molecule has 0 aliphatic carbocycles. The van der Waals surface area contributed by atoms with Crippen LogP contribution in [-0.2, 0) is 24.4 Å². The Bertz CT molecular complexity index is 3110. The molecule has 1 saturated heterocycles. The summed E-state index contributed by atoms with van der Waals surface area (Å²) in [5, 5.41) is 13.5. The van der Waals surface area contributed by atoms with E-state index in [1.165, 1.54) is 20.3 Å². The van der Waals surface area contributed by atoms with Crippen molar-refractivity contribution < 1.29 is 62.1 Å². The second-order valence-corrected chi connectivity index (χ2v) is 19.5. The van der Waals surface area contributed by atoms with Crippen LogP contribution >= 0.6 is 0 Å². The monoisotopic (exact) mass is 1110 g/mol. The van der Waals surface area contributed by atoms with Crippen molar-refractivity contribution in [2.75, 3.05) is 110 Å². The number of methoxy groups -OCH3 is 9. The van der Waals surface area contributed by atoms with Crippen molar-refractivity contribution in [3.05, 3.63) is 120 Å². The summed E-state index contributed by atoms with van der Waals surface area (Å²) in [7, 11) is 14.1. The summed E-state index contributed by atoms with van der Waals surface area (Å²) >= 11 is 0. The number of rotatable bonds is 25. The van der Waals surface area contributed by atoms with Gasteiger partial charge in [0.15, 0.2) is 6.29 Å². The highest BCUT2D eigenvalue weighted by Crippen LogP contribution is 2.45. The number of aldehydes is 1. The number of aromatic carboxylic acids is 1. The lowest BCUT2D eigenvalue weighted by Crippen LogP contribution is -2.45. The molecule has 1 aliphatic rings. The van der Waals surface area contributed by atoms with Gasteiger partial charge in [-0.3, -0.25) is 29.3 Å².